The van der Waals surface area contributed by atoms with Gasteiger partial charge in [-0.05, 0) is 47.0 Å². The van der Waals surface area contributed by atoms with Gasteiger partial charge in [-0.15, -0.1) is 0 Å². The van der Waals surface area contributed by atoms with Crippen LogP contribution in [0.25, 0.3) is 0 Å². The van der Waals surface area contributed by atoms with Gasteiger partial charge in [0, 0.05) is 6.42 Å². The Morgan fingerprint density at radius 1 is 1.42 bits per heavy atom. The number of unbranched alkanes of at least 4 members (excludes halogenated alkanes) is 2. The second-order valence-corrected chi connectivity index (χ2v) is 5.49. The molecular weight excluding hydrogens is 306 g/mol. The number of hydrogen-bond acceptors (Lipinski definition) is 2. The van der Waals surface area contributed by atoms with Gasteiger partial charge in [0.2, 0.25) is 5.91 Å². The van der Waals surface area contributed by atoms with Gasteiger partial charge in [-0.1, -0.05) is 25.8 Å². The second-order valence-electron chi connectivity index (χ2n) is 4.64. The largest absolute Gasteiger partial charge is 0.496 e. The number of ether oxygens (including phenoxy) is 1. The molecule has 1 unspecified atom stereocenters. The van der Waals surface area contributed by atoms with E-state index in [4.69, 9.17) is 4.74 Å². The molecule has 0 aliphatic heterocycles. The van der Waals surface area contributed by atoms with Crippen LogP contribution < -0.4 is 10.1 Å². The molecule has 0 aliphatic rings. The van der Waals surface area contributed by atoms with Crippen LogP contribution in [-0.4, -0.2) is 13.0 Å². The Kier molecular flexibility index (Phi) is 6.92. The minimum Gasteiger partial charge on any atom is -0.496 e. The average molecular weight is 328 g/mol. The number of carbonyl (C=O) groups excluding carboxylic acids is 1. The number of methoxy groups -OCH3 is 1. The molecule has 3 nitrogen and oxygen atoms in total. The molecule has 1 amide bonds. The SMILES string of the molecule is CCCCCC(=O)NC(C)c1ccc(OC)c(Br)c1. The smallest absolute Gasteiger partial charge is 0.220 e. The zero-order valence-electron chi connectivity index (χ0n) is 11.8. The summed E-state index contributed by atoms with van der Waals surface area (Å²) in [7, 11) is 1.64. The van der Waals surface area contributed by atoms with E-state index in [0.717, 1.165) is 35.0 Å². The second kappa shape index (κ2) is 8.20. The van der Waals surface area contributed by atoms with E-state index in [1.54, 1.807) is 7.11 Å². The van der Waals surface area contributed by atoms with Gasteiger partial charge in [0.15, 0.2) is 0 Å². The molecule has 0 saturated carbocycles. The fourth-order valence-corrected chi connectivity index (χ4v) is 2.44. The summed E-state index contributed by atoms with van der Waals surface area (Å²) in [6.07, 6.45) is 3.81. The number of rotatable bonds is 7. The van der Waals surface area contributed by atoms with Crippen molar-refractivity contribution in [1.29, 1.82) is 0 Å². The molecule has 0 aromatic heterocycles. The summed E-state index contributed by atoms with van der Waals surface area (Å²) in [6, 6.07) is 5.87. The molecule has 1 N–H and O–H groups in total. The molecule has 1 rings (SSSR count). The van der Waals surface area contributed by atoms with Gasteiger partial charge >= 0.3 is 0 Å². The Labute approximate surface area is 123 Å². The lowest BCUT2D eigenvalue weighted by molar-refractivity contribution is -0.121. The highest BCUT2D eigenvalue weighted by Gasteiger charge is 2.11. The van der Waals surface area contributed by atoms with Gasteiger partial charge in [-0.25, -0.2) is 0 Å². The number of hydrogen-bond donors (Lipinski definition) is 1. The van der Waals surface area contributed by atoms with Crippen molar-refractivity contribution in [3.05, 3.63) is 28.2 Å². The van der Waals surface area contributed by atoms with Gasteiger partial charge in [0.25, 0.3) is 0 Å². The molecule has 0 fully saturated rings. The van der Waals surface area contributed by atoms with E-state index < -0.39 is 0 Å². The highest BCUT2D eigenvalue weighted by atomic mass is 79.9. The highest BCUT2D eigenvalue weighted by Crippen LogP contribution is 2.27. The minimum atomic E-state index is 0.0105. The lowest BCUT2D eigenvalue weighted by Crippen LogP contribution is -2.26. The molecule has 0 saturated heterocycles. The maximum atomic E-state index is 11.8. The number of halogens is 1. The third kappa shape index (κ3) is 5.23. The molecule has 0 aliphatic carbocycles. The average Bonchev–Trinajstić information content (AvgIpc) is 2.38. The molecule has 0 bridgehead atoms. The maximum Gasteiger partial charge on any atom is 0.220 e. The predicted octanol–water partition coefficient (Wildman–Crippen LogP) is 4.22. The van der Waals surface area contributed by atoms with E-state index in [1.165, 1.54) is 0 Å². The number of nitrogens with one attached hydrogen (secondary N) is 1. The first-order valence-electron chi connectivity index (χ1n) is 6.71. The highest BCUT2D eigenvalue weighted by molar-refractivity contribution is 9.10. The normalized spacial score (nSPS) is 12.0. The Hall–Kier alpha value is -1.03. The molecule has 0 spiro atoms. The molecule has 0 radical (unpaired) electrons. The molecular formula is C15H22BrNO2. The fourth-order valence-electron chi connectivity index (χ4n) is 1.88. The number of carbonyl (C=O) groups is 1. The van der Waals surface area contributed by atoms with Gasteiger partial charge < -0.3 is 10.1 Å². The third-order valence-electron chi connectivity index (χ3n) is 3.06. The summed E-state index contributed by atoms with van der Waals surface area (Å²) in [5.41, 5.74) is 1.07. The summed E-state index contributed by atoms with van der Waals surface area (Å²) in [6.45, 7) is 4.13. The van der Waals surface area contributed by atoms with Crippen molar-refractivity contribution in [1.82, 2.24) is 5.32 Å². The van der Waals surface area contributed by atoms with Crippen LogP contribution in [0.1, 0.15) is 51.1 Å². The van der Waals surface area contributed by atoms with Crippen molar-refractivity contribution in [2.75, 3.05) is 7.11 Å². The first-order valence-corrected chi connectivity index (χ1v) is 7.50. The molecule has 1 aromatic carbocycles. The molecule has 1 aromatic rings. The van der Waals surface area contributed by atoms with Gasteiger partial charge in [-0.2, -0.15) is 0 Å². The van der Waals surface area contributed by atoms with Gasteiger partial charge in [0.05, 0.1) is 17.6 Å². The number of benzene rings is 1. The summed E-state index contributed by atoms with van der Waals surface area (Å²) >= 11 is 3.46. The first kappa shape index (κ1) is 16.0. The van der Waals surface area contributed by atoms with Gasteiger partial charge in [-0.3, -0.25) is 4.79 Å². The fraction of sp³-hybridized carbons (Fsp3) is 0.533. The van der Waals surface area contributed by atoms with E-state index in [2.05, 4.69) is 28.2 Å². The van der Waals surface area contributed by atoms with Crippen molar-refractivity contribution in [3.63, 3.8) is 0 Å². The van der Waals surface area contributed by atoms with Gasteiger partial charge in [0.1, 0.15) is 5.75 Å². The summed E-state index contributed by atoms with van der Waals surface area (Å²) in [5.74, 6) is 0.915. The maximum absolute atomic E-state index is 11.8. The molecule has 106 valence electrons. The van der Waals surface area contributed by atoms with E-state index in [9.17, 15) is 4.79 Å². The third-order valence-corrected chi connectivity index (χ3v) is 3.68. The standard InChI is InChI=1S/C15H22BrNO2/c1-4-5-6-7-15(18)17-11(2)12-8-9-14(19-3)13(16)10-12/h8-11H,4-7H2,1-3H3,(H,17,18). The van der Waals surface area contributed by atoms with E-state index in [-0.39, 0.29) is 11.9 Å². The zero-order chi connectivity index (χ0) is 14.3. The lowest BCUT2D eigenvalue weighted by Gasteiger charge is -2.15. The zero-order valence-corrected chi connectivity index (χ0v) is 13.4. The number of amides is 1. The summed E-state index contributed by atoms with van der Waals surface area (Å²) in [5, 5.41) is 3.02. The van der Waals surface area contributed by atoms with Crippen molar-refractivity contribution < 1.29 is 9.53 Å². The van der Waals surface area contributed by atoms with Crippen molar-refractivity contribution in [2.45, 2.75) is 45.6 Å². The van der Waals surface area contributed by atoms with Crippen LogP contribution in [0.2, 0.25) is 0 Å². The quantitative estimate of drug-likeness (QED) is 0.761. The van der Waals surface area contributed by atoms with E-state index >= 15 is 0 Å². The van der Waals surface area contributed by atoms with Crippen molar-refractivity contribution >= 4 is 21.8 Å². The van der Waals surface area contributed by atoms with Crippen LogP contribution in [-0.2, 0) is 4.79 Å². The Bertz CT molecular complexity index is 421. The van der Waals surface area contributed by atoms with E-state index in [0.29, 0.717) is 6.42 Å². The minimum absolute atomic E-state index is 0.0105. The van der Waals surface area contributed by atoms with Crippen molar-refractivity contribution in [3.8, 4) is 5.75 Å². The topological polar surface area (TPSA) is 38.3 Å². The molecule has 19 heavy (non-hydrogen) atoms. The Balaban J connectivity index is 2.55. The molecule has 4 heteroatoms. The van der Waals surface area contributed by atoms with Crippen LogP contribution in [0.4, 0.5) is 0 Å². The summed E-state index contributed by atoms with van der Waals surface area (Å²) < 4.78 is 6.09. The summed E-state index contributed by atoms with van der Waals surface area (Å²) in [4.78, 5) is 11.8. The van der Waals surface area contributed by atoms with Crippen LogP contribution >= 0.6 is 15.9 Å². The molecule has 0 heterocycles. The van der Waals surface area contributed by atoms with Crippen LogP contribution in [0.5, 0.6) is 5.75 Å². The van der Waals surface area contributed by atoms with Crippen LogP contribution in [0.3, 0.4) is 0 Å². The van der Waals surface area contributed by atoms with Crippen molar-refractivity contribution in [2.24, 2.45) is 0 Å². The van der Waals surface area contributed by atoms with E-state index in [1.807, 2.05) is 25.1 Å². The first-order chi connectivity index (χ1) is 9.08. The molecule has 1 atom stereocenters. The predicted molar refractivity (Wildman–Crippen MR) is 81.4 cm³/mol. The lowest BCUT2D eigenvalue weighted by atomic mass is 10.1. The Morgan fingerprint density at radius 3 is 2.74 bits per heavy atom. The Morgan fingerprint density at radius 2 is 2.16 bits per heavy atom. The van der Waals surface area contributed by atoms with Crippen LogP contribution in [0.15, 0.2) is 22.7 Å². The van der Waals surface area contributed by atoms with Crippen LogP contribution in [0, 0.1) is 0 Å². The monoisotopic (exact) mass is 327 g/mol.